The molecule has 0 spiro atoms. The predicted molar refractivity (Wildman–Crippen MR) is 122 cm³/mol. The van der Waals surface area contributed by atoms with E-state index in [1.165, 1.54) is 6.92 Å². The Bertz CT molecular complexity index is 921. The highest BCUT2D eigenvalue weighted by Crippen LogP contribution is 2.16. The maximum Gasteiger partial charge on any atom is 0.221 e. The Morgan fingerprint density at radius 3 is 2.21 bits per heavy atom. The monoisotopic (exact) mass is 428 g/mol. The van der Waals surface area contributed by atoms with Crippen molar-refractivity contribution < 1.29 is 14.4 Å². The van der Waals surface area contributed by atoms with E-state index < -0.39 is 0 Å². The van der Waals surface area contributed by atoms with E-state index in [1.54, 1.807) is 12.1 Å². The second kappa shape index (κ2) is 12.8. The molecule has 0 bridgehead atoms. The zero-order chi connectivity index (χ0) is 21.8. The number of aryl methyl sites for hydroxylation is 1. The lowest BCUT2D eigenvalue weighted by Gasteiger charge is -2.08. The van der Waals surface area contributed by atoms with Crippen molar-refractivity contribution in [2.24, 2.45) is 0 Å². The van der Waals surface area contributed by atoms with Crippen LogP contribution < -0.4 is 5.32 Å². The van der Waals surface area contributed by atoms with Crippen molar-refractivity contribution in [2.75, 3.05) is 16.8 Å². The van der Waals surface area contributed by atoms with Crippen molar-refractivity contribution >= 4 is 48.4 Å². The molecule has 0 saturated carbocycles. The average Bonchev–Trinajstić information content (AvgIpc) is 2.70. The van der Waals surface area contributed by atoms with Gasteiger partial charge in [-0.15, -0.1) is 0 Å². The maximum absolute atomic E-state index is 11.2. The second-order valence-electron chi connectivity index (χ2n) is 6.35. The van der Waals surface area contributed by atoms with Crippen LogP contribution in [0.25, 0.3) is 0 Å². The standard InChI is InChI=1S/C11H13NO2S.C11H11NOS/c1-8(13)12-11-5-3-2-4-9(11)6-10(14)7-15;1-8-2-3-9(4-10(8)6-12)5-11(13)7-14/h2-5,15H,6-7H2,1H3,(H,12,13);2-4,14H,5,7H2,1H3. The number of ketones is 2. The van der Waals surface area contributed by atoms with Gasteiger partial charge in [-0.1, -0.05) is 30.3 Å². The molecule has 0 atom stereocenters. The van der Waals surface area contributed by atoms with Crippen molar-refractivity contribution in [3.05, 3.63) is 64.7 Å². The molecule has 0 aliphatic rings. The van der Waals surface area contributed by atoms with Gasteiger partial charge in [0.2, 0.25) is 5.91 Å². The number of hydrogen-bond acceptors (Lipinski definition) is 6. The summed E-state index contributed by atoms with van der Waals surface area (Å²) in [6.45, 7) is 3.32. The summed E-state index contributed by atoms with van der Waals surface area (Å²) < 4.78 is 0. The lowest BCUT2D eigenvalue weighted by Crippen LogP contribution is -2.11. The van der Waals surface area contributed by atoms with Crippen LogP contribution in [0.15, 0.2) is 42.5 Å². The van der Waals surface area contributed by atoms with Crippen LogP contribution in [0.2, 0.25) is 0 Å². The van der Waals surface area contributed by atoms with E-state index in [2.05, 4.69) is 36.6 Å². The molecular formula is C22H24N2O3S2. The fourth-order valence-electron chi connectivity index (χ4n) is 2.44. The van der Waals surface area contributed by atoms with Crippen molar-refractivity contribution in [1.29, 1.82) is 5.26 Å². The number of Topliss-reactive ketones (excluding diaryl/α,β-unsaturated/α-hetero) is 2. The number of amides is 1. The number of nitriles is 1. The normalized spacial score (nSPS) is 9.62. The van der Waals surface area contributed by atoms with Gasteiger partial charge in [0.05, 0.1) is 11.6 Å². The van der Waals surface area contributed by atoms with Gasteiger partial charge in [0.1, 0.15) is 11.6 Å². The molecule has 0 radical (unpaired) electrons. The van der Waals surface area contributed by atoms with Gasteiger partial charge in [0.15, 0.2) is 0 Å². The molecule has 0 heterocycles. The first-order chi connectivity index (χ1) is 13.8. The number of nitrogens with one attached hydrogen (secondary N) is 1. The third-order valence-electron chi connectivity index (χ3n) is 3.89. The van der Waals surface area contributed by atoms with Gasteiger partial charge in [-0.2, -0.15) is 30.5 Å². The molecule has 2 aromatic carbocycles. The molecule has 2 rings (SSSR count). The molecule has 7 heteroatoms. The van der Waals surface area contributed by atoms with E-state index in [9.17, 15) is 14.4 Å². The van der Waals surface area contributed by atoms with Crippen molar-refractivity contribution in [3.63, 3.8) is 0 Å². The van der Waals surface area contributed by atoms with Crippen LogP contribution >= 0.6 is 25.3 Å². The van der Waals surface area contributed by atoms with Crippen molar-refractivity contribution in [3.8, 4) is 6.07 Å². The summed E-state index contributed by atoms with van der Waals surface area (Å²) in [6.07, 6.45) is 0.665. The van der Waals surface area contributed by atoms with E-state index in [4.69, 9.17) is 5.26 Å². The molecule has 5 nitrogen and oxygen atoms in total. The van der Waals surface area contributed by atoms with Crippen LogP contribution in [0.3, 0.4) is 0 Å². The van der Waals surface area contributed by atoms with Crippen LogP contribution in [0.4, 0.5) is 5.69 Å². The summed E-state index contributed by atoms with van der Waals surface area (Å²) >= 11 is 7.81. The number of carbonyl (C=O) groups is 3. The molecule has 0 unspecified atom stereocenters. The summed E-state index contributed by atoms with van der Waals surface area (Å²) in [5.41, 5.74) is 3.97. The van der Waals surface area contributed by atoms with Gasteiger partial charge in [-0.05, 0) is 35.7 Å². The van der Waals surface area contributed by atoms with Gasteiger partial charge in [-0.3, -0.25) is 14.4 Å². The van der Waals surface area contributed by atoms with Gasteiger partial charge >= 0.3 is 0 Å². The zero-order valence-electron chi connectivity index (χ0n) is 16.4. The first kappa shape index (κ1) is 24.5. The van der Waals surface area contributed by atoms with Crippen LogP contribution in [0.5, 0.6) is 0 Å². The largest absolute Gasteiger partial charge is 0.326 e. The predicted octanol–water partition coefficient (Wildman–Crippen LogP) is 3.59. The number of rotatable bonds is 7. The minimum Gasteiger partial charge on any atom is -0.326 e. The summed E-state index contributed by atoms with van der Waals surface area (Å²) in [6, 6.07) is 14.9. The molecule has 29 heavy (non-hydrogen) atoms. The van der Waals surface area contributed by atoms with E-state index in [0.29, 0.717) is 24.1 Å². The Morgan fingerprint density at radius 2 is 1.62 bits per heavy atom. The first-order valence-corrected chi connectivity index (χ1v) is 10.2. The van der Waals surface area contributed by atoms with E-state index in [0.717, 1.165) is 16.7 Å². The highest BCUT2D eigenvalue weighted by atomic mass is 32.1. The topological polar surface area (TPSA) is 87.0 Å². The van der Waals surface area contributed by atoms with Gasteiger partial charge in [0, 0.05) is 37.0 Å². The van der Waals surface area contributed by atoms with Crippen LogP contribution in [-0.2, 0) is 27.2 Å². The average molecular weight is 429 g/mol. The lowest BCUT2D eigenvalue weighted by atomic mass is 10.0. The Kier molecular flexibility index (Phi) is 10.8. The fourth-order valence-corrected chi connectivity index (χ4v) is 2.66. The molecule has 0 fully saturated rings. The minimum absolute atomic E-state index is 0.0381. The Labute approximate surface area is 182 Å². The maximum atomic E-state index is 11.2. The summed E-state index contributed by atoms with van der Waals surface area (Å²) in [5, 5.41) is 11.5. The van der Waals surface area contributed by atoms with E-state index in [-0.39, 0.29) is 29.0 Å². The fraction of sp³-hybridized carbons (Fsp3) is 0.273. The quantitative estimate of drug-likeness (QED) is 0.588. The number of carbonyl (C=O) groups excluding carboxylic acids is 3. The number of thiol groups is 2. The molecule has 2 aromatic rings. The third kappa shape index (κ3) is 8.99. The van der Waals surface area contributed by atoms with Crippen molar-refractivity contribution in [2.45, 2.75) is 26.7 Å². The smallest absolute Gasteiger partial charge is 0.221 e. The molecule has 0 aliphatic heterocycles. The second-order valence-corrected chi connectivity index (χ2v) is 6.98. The van der Waals surface area contributed by atoms with E-state index >= 15 is 0 Å². The number of nitrogens with zero attached hydrogens (tertiary/aromatic N) is 1. The summed E-state index contributed by atoms with van der Waals surface area (Å²) in [7, 11) is 0. The third-order valence-corrected chi connectivity index (χ3v) is 4.60. The van der Waals surface area contributed by atoms with Gasteiger partial charge < -0.3 is 5.32 Å². The Balaban J connectivity index is 0.000000291. The number of hydrogen-bond donors (Lipinski definition) is 3. The molecule has 152 valence electrons. The minimum atomic E-state index is -0.138. The van der Waals surface area contributed by atoms with Crippen LogP contribution in [-0.4, -0.2) is 29.0 Å². The molecule has 0 aliphatic carbocycles. The SMILES string of the molecule is CC(=O)Nc1ccccc1CC(=O)CS.Cc1ccc(CC(=O)CS)cc1C#N. The molecular weight excluding hydrogens is 404 g/mol. The summed E-state index contributed by atoms with van der Waals surface area (Å²) in [5.74, 6) is 0.433. The lowest BCUT2D eigenvalue weighted by molar-refractivity contribution is -0.116. The Hall–Kier alpha value is -2.56. The van der Waals surface area contributed by atoms with Gasteiger partial charge in [-0.25, -0.2) is 0 Å². The molecule has 0 aromatic heterocycles. The van der Waals surface area contributed by atoms with Gasteiger partial charge in [0.25, 0.3) is 0 Å². The highest BCUT2D eigenvalue weighted by molar-refractivity contribution is 7.81. The zero-order valence-corrected chi connectivity index (χ0v) is 18.2. The number of anilines is 1. The number of para-hydroxylation sites is 1. The number of benzene rings is 2. The van der Waals surface area contributed by atoms with E-state index in [1.807, 2.05) is 37.3 Å². The first-order valence-electron chi connectivity index (χ1n) is 8.91. The van der Waals surface area contributed by atoms with Crippen LogP contribution in [0.1, 0.15) is 29.2 Å². The molecule has 1 amide bonds. The molecule has 1 N–H and O–H groups in total. The molecule has 0 saturated heterocycles. The van der Waals surface area contributed by atoms with Crippen molar-refractivity contribution in [1.82, 2.24) is 0 Å². The summed E-state index contributed by atoms with van der Waals surface area (Å²) in [4.78, 5) is 33.2. The highest BCUT2D eigenvalue weighted by Gasteiger charge is 2.07. The van der Waals surface area contributed by atoms with Crippen LogP contribution in [0, 0.1) is 18.3 Å². The Morgan fingerprint density at radius 1 is 1.00 bits per heavy atom.